The number of rotatable bonds is 2. The van der Waals surface area contributed by atoms with E-state index in [9.17, 15) is 9.18 Å². The number of fused-ring (bicyclic) bond motifs is 1. The standard InChI is InChI=1S/C10H8FNO3/c1-5(10(13)14)9-7-3-2-6(11)4-8(7)12-15-9/h2-5H,1H3,(H,13,14). The molecule has 0 saturated heterocycles. The van der Waals surface area contributed by atoms with Gasteiger partial charge in [0, 0.05) is 11.5 Å². The Morgan fingerprint density at radius 2 is 2.33 bits per heavy atom. The monoisotopic (exact) mass is 209 g/mol. The van der Waals surface area contributed by atoms with E-state index in [4.69, 9.17) is 9.63 Å². The number of aromatic nitrogens is 1. The summed E-state index contributed by atoms with van der Waals surface area (Å²) in [7, 11) is 0. The van der Waals surface area contributed by atoms with Crippen molar-refractivity contribution < 1.29 is 18.8 Å². The maximum Gasteiger partial charge on any atom is 0.314 e. The van der Waals surface area contributed by atoms with Crippen molar-refractivity contribution in [1.82, 2.24) is 5.16 Å². The van der Waals surface area contributed by atoms with Gasteiger partial charge >= 0.3 is 5.97 Å². The Hall–Kier alpha value is -1.91. The Morgan fingerprint density at radius 3 is 3.00 bits per heavy atom. The normalized spacial score (nSPS) is 12.9. The van der Waals surface area contributed by atoms with Gasteiger partial charge in [-0.05, 0) is 19.1 Å². The SMILES string of the molecule is CC(C(=O)O)c1onc2cc(F)ccc12. The van der Waals surface area contributed by atoms with Crippen LogP contribution in [0.25, 0.3) is 10.9 Å². The second-order valence-corrected chi connectivity index (χ2v) is 3.27. The Morgan fingerprint density at radius 1 is 1.60 bits per heavy atom. The van der Waals surface area contributed by atoms with Crippen molar-refractivity contribution in [2.45, 2.75) is 12.8 Å². The molecule has 1 aromatic heterocycles. The van der Waals surface area contributed by atoms with Gasteiger partial charge in [0.25, 0.3) is 0 Å². The first-order chi connectivity index (χ1) is 7.09. The molecule has 15 heavy (non-hydrogen) atoms. The molecule has 0 aliphatic carbocycles. The van der Waals surface area contributed by atoms with Gasteiger partial charge < -0.3 is 9.63 Å². The van der Waals surface area contributed by atoms with E-state index in [1.165, 1.54) is 25.1 Å². The predicted molar refractivity (Wildman–Crippen MR) is 50.0 cm³/mol. The first-order valence-electron chi connectivity index (χ1n) is 4.37. The molecule has 0 fully saturated rings. The number of halogens is 1. The lowest BCUT2D eigenvalue weighted by Gasteiger charge is -2.00. The van der Waals surface area contributed by atoms with Gasteiger partial charge in [-0.1, -0.05) is 5.16 Å². The number of hydrogen-bond acceptors (Lipinski definition) is 3. The van der Waals surface area contributed by atoms with Crippen molar-refractivity contribution in [2.75, 3.05) is 0 Å². The van der Waals surface area contributed by atoms with Crippen molar-refractivity contribution in [3.05, 3.63) is 29.8 Å². The smallest absolute Gasteiger partial charge is 0.314 e. The highest BCUT2D eigenvalue weighted by Crippen LogP contribution is 2.25. The van der Waals surface area contributed by atoms with Gasteiger partial charge in [0.2, 0.25) is 0 Å². The molecule has 0 bridgehead atoms. The lowest BCUT2D eigenvalue weighted by molar-refractivity contribution is -0.138. The second kappa shape index (κ2) is 3.34. The highest BCUT2D eigenvalue weighted by molar-refractivity contribution is 5.86. The minimum absolute atomic E-state index is 0.248. The lowest BCUT2D eigenvalue weighted by atomic mass is 10.1. The Bertz CT molecular complexity index is 520. The Balaban J connectivity index is 2.59. The third kappa shape index (κ3) is 1.56. The van der Waals surface area contributed by atoms with Crippen LogP contribution in [0.4, 0.5) is 4.39 Å². The molecule has 1 aromatic carbocycles. The topological polar surface area (TPSA) is 63.3 Å². The van der Waals surface area contributed by atoms with E-state index in [0.29, 0.717) is 10.9 Å². The third-order valence-electron chi connectivity index (χ3n) is 2.23. The minimum atomic E-state index is -1.00. The molecule has 78 valence electrons. The van der Waals surface area contributed by atoms with Gasteiger partial charge in [0.05, 0.1) is 0 Å². The van der Waals surface area contributed by atoms with Gasteiger partial charge in [-0.15, -0.1) is 0 Å². The van der Waals surface area contributed by atoms with Crippen LogP contribution in [-0.2, 0) is 4.79 Å². The molecule has 5 heteroatoms. The van der Waals surface area contributed by atoms with Gasteiger partial charge in [-0.25, -0.2) is 4.39 Å². The fraction of sp³-hybridized carbons (Fsp3) is 0.200. The molecule has 4 nitrogen and oxygen atoms in total. The van der Waals surface area contributed by atoms with E-state index in [1.54, 1.807) is 0 Å². The molecular weight excluding hydrogens is 201 g/mol. The Kier molecular flexibility index (Phi) is 2.15. The molecule has 0 radical (unpaired) electrons. The largest absolute Gasteiger partial charge is 0.481 e. The minimum Gasteiger partial charge on any atom is -0.481 e. The molecule has 0 spiro atoms. The van der Waals surface area contributed by atoms with E-state index in [2.05, 4.69) is 5.16 Å². The number of carboxylic acids is 1. The third-order valence-corrected chi connectivity index (χ3v) is 2.23. The highest BCUT2D eigenvalue weighted by Gasteiger charge is 2.21. The second-order valence-electron chi connectivity index (χ2n) is 3.27. The number of nitrogens with zero attached hydrogens (tertiary/aromatic N) is 1. The van der Waals surface area contributed by atoms with Gasteiger partial charge in [0.15, 0.2) is 5.76 Å². The summed E-state index contributed by atoms with van der Waals surface area (Å²) < 4.78 is 17.7. The fourth-order valence-electron chi connectivity index (χ4n) is 1.36. The quantitative estimate of drug-likeness (QED) is 0.823. The molecular formula is C10H8FNO3. The number of aliphatic carboxylic acids is 1. The summed E-state index contributed by atoms with van der Waals surface area (Å²) >= 11 is 0. The van der Waals surface area contributed by atoms with Gasteiger partial charge in [-0.2, -0.15) is 0 Å². The molecule has 0 aliphatic rings. The molecule has 1 N–H and O–H groups in total. The van der Waals surface area contributed by atoms with Crippen LogP contribution in [0.1, 0.15) is 18.6 Å². The summed E-state index contributed by atoms with van der Waals surface area (Å²) in [4.78, 5) is 10.7. The van der Waals surface area contributed by atoms with E-state index in [-0.39, 0.29) is 5.76 Å². The molecule has 1 unspecified atom stereocenters. The molecule has 0 amide bonds. The molecule has 2 rings (SSSR count). The molecule has 0 aliphatic heterocycles. The van der Waals surface area contributed by atoms with Crippen molar-refractivity contribution in [1.29, 1.82) is 0 Å². The average molecular weight is 209 g/mol. The van der Waals surface area contributed by atoms with Crippen LogP contribution in [0.5, 0.6) is 0 Å². The summed E-state index contributed by atoms with van der Waals surface area (Å²) in [5.41, 5.74) is 0.332. The van der Waals surface area contributed by atoms with Crippen molar-refractivity contribution in [2.24, 2.45) is 0 Å². The summed E-state index contributed by atoms with van der Waals surface area (Å²) in [6.07, 6.45) is 0. The van der Waals surface area contributed by atoms with Crippen LogP contribution in [0, 0.1) is 5.82 Å². The van der Waals surface area contributed by atoms with Crippen molar-refractivity contribution >= 4 is 16.9 Å². The predicted octanol–water partition coefficient (Wildman–Crippen LogP) is 2.16. The first-order valence-corrected chi connectivity index (χ1v) is 4.37. The highest BCUT2D eigenvalue weighted by atomic mass is 19.1. The van der Waals surface area contributed by atoms with Crippen LogP contribution < -0.4 is 0 Å². The van der Waals surface area contributed by atoms with Crippen molar-refractivity contribution in [3.63, 3.8) is 0 Å². The molecule has 2 aromatic rings. The van der Waals surface area contributed by atoms with E-state index < -0.39 is 17.7 Å². The maximum absolute atomic E-state index is 12.8. The molecule has 1 heterocycles. The van der Waals surface area contributed by atoms with Gasteiger partial charge in [0.1, 0.15) is 17.3 Å². The Labute approximate surface area is 84.3 Å². The molecule has 1 atom stereocenters. The van der Waals surface area contributed by atoms with Crippen LogP contribution in [0.15, 0.2) is 22.7 Å². The first kappa shape index (κ1) is 9.64. The summed E-state index contributed by atoms with van der Waals surface area (Å²) in [6.45, 7) is 1.49. The zero-order valence-electron chi connectivity index (χ0n) is 7.90. The summed E-state index contributed by atoms with van der Waals surface area (Å²) in [5, 5.41) is 12.9. The van der Waals surface area contributed by atoms with Crippen LogP contribution in [0.3, 0.4) is 0 Å². The summed E-state index contributed by atoms with van der Waals surface area (Å²) in [5.74, 6) is -1.97. The number of hydrogen-bond donors (Lipinski definition) is 1. The van der Waals surface area contributed by atoms with Gasteiger partial charge in [-0.3, -0.25) is 4.79 Å². The summed E-state index contributed by atoms with van der Waals surface area (Å²) in [6, 6.07) is 3.92. The maximum atomic E-state index is 12.8. The van der Waals surface area contributed by atoms with Crippen molar-refractivity contribution in [3.8, 4) is 0 Å². The van der Waals surface area contributed by atoms with Crippen LogP contribution in [0.2, 0.25) is 0 Å². The fourth-order valence-corrected chi connectivity index (χ4v) is 1.36. The zero-order valence-corrected chi connectivity index (χ0v) is 7.90. The number of carboxylic acid groups (broad SMARTS) is 1. The zero-order chi connectivity index (χ0) is 11.0. The molecule has 0 saturated carbocycles. The van der Waals surface area contributed by atoms with E-state index in [1.807, 2.05) is 0 Å². The van der Waals surface area contributed by atoms with E-state index in [0.717, 1.165) is 0 Å². The van der Waals surface area contributed by atoms with E-state index >= 15 is 0 Å². The lowest BCUT2D eigenvalue weighted by Crippen LogP contribution is -2.06. The number of carbonyl (C=O) groups is 1. The van der Waals surface area contributed by atoms with Crippen LogP contribution in [-0.4, -0.2) is 16.2 Å². The average Bonchev–Trinajstić information content (AvgIpc) is 2.59. The van der Waals surface area contributed by atoms with Crippen LogP contribution >= 0.6 is 0 Å². The number of benzene rings is 1.